The summed E-state index contributed by atoms with van der Waals surface area (Å²) < 4.78 is 2.18. The predicted molar refractivity (Wildman–Crippen MR) is 105 cm³/mol. The lowest BCUT2D eigenvalue weighted by Crippen LogP contribution is -2.38. The summed E-state index contributed by atoms with van der Waals surface area (Å²) in [5, 5.41) is 2.02. The number of nitrogens with zero attached hydrogens (tertiary/aromatic N) is 3. The number of piperidine rings is 1. The maximum atomic E-state index is 12.9. The first-order chi connectivity index (χ1) is 12.7. The smallest absolute Gasteiger partial charge is 0.177 e. The van der Waals surface area contributed by atoms with Crippen molar-refractivity contribution in [2.45, 2.75) is 26.3 Å². The van der Waals surface area contributed by atoms with Crippen LogP contribution in [0.1, 0.15) is 33.8 Å². The first kappa shape index (κ1) is 17.2. The van der Waals surface area contributed by atoms with Gasteiger partial charge in [0.1, 0.15) is 0 Å². The molecule has 1 saturated heterocycles. The summed E-state index contributed by atoms with van der Waals surface area (Å²) in [6, 6.07) is 10.3. The molecule has 3 aromatic rings. The van der Waals surface area contributed by atoms with Gasteiger partial charge in [0.2, 0.25) is 0 Å². The maximum Gasteiger partial charge on any atom is 0.177 e. The number of rotatable bonds is 5. The Morgan fingerprint density at radius 2 is 2.23 bits per heavy atom. The largest absolute Gasteiger partial charge is 0.318 e. The van der Waals surface area contributed by atoms with Crippen LogP contribution in [-0.4, -0.2) is 33.3 Å². The molecule has 1 aliphatic heterocycles. The second kappa shape index (κ2) is 7.56. The molecule has 0 spiro atoms. The van der Waals surface area contributed by atoms with Crippen molar-refractivity contribution in [3.05, 3.63) is 70.4 Å². The monoisotopic (exact) mass is 365 g/mol. The number of ketones is 1. The van der Waals surface area contributed by atoms with Gasteiger partial charge in [0.15, 0.2) is 5.78 Å². The Labute approximate surface area is 158 Å². The van der Waals surface area contributed by atoms with E-state index in [0.717, 1.165) is 48.6 Å². The van der Waals surface area contributed by atoms with Gasteiger partial charge >= 0.3 is 0 Å². The van der Waals surface area contributed by atoms with Gasteiger partial charge in [0.25, 0.3) is 0 Å². The summed E-state index contributed by atoms with van der Waals surface area (Å²) in [6.45, 7) is 4.78. The van der Waals surface area contributed by atoms with E-state index in [1.165, 1.54) is 5.69 Å². The van der Waals surface area contributed by atoms with Crippen molar-refractivity contribution < 1.29 is 4.79 Å². The lowest BCUT2D eigenvalue weighted by Gasteiger charge is -2.32. The highest BCUT2D eigenvalue weighted by Gasteiger charge is 2.28. The van der Waals surface area contributed by atoms with E-state index in [4.69, 9.17) is 0 Å². The second-order valence-electron chi connectivity index (χ2n) is 6.95. The number of hydrogen-bond donors (Lipinski definition) is 0. The van der Waals surface area contributed by atoms with Gasteiger partial charge in [-0.3, -0.25) is 14.7 Å². The van der Waals surface area contributed by atoms with E-state index in [9.17, 15) is 4.79 Å². The molecule has 4 nitrogen and oxygen atoms in total. The zero-order valence-electron chi connectivity index (χ0n) is 15.0. The third kappa shape index (κ3) is 3.50. The van der Waals surface area contributed by atoms with Gasteiger partial charge in [-0.2, -0.15) is 0 Å². The average molecular weight is 366 g/mol. The topological polar surface area (TPSA) is 38.1 Å². The quantitative estimate of drug-likeness (QED) is 0.632. The highest BCUT2D eigenvalue weighted by Crippen LogP contribution is 2.26. The fourth-order valence-corrected chi connectivity index (χ4v) is 4.69. The molecule has 1 fully saturated rings. The zero-order chi connectivity index (χ0) is 17.9. The van der Waals surface area contributed by atoms with Crippen molar-refractivity contribution in [2.24, 2.45) is 5.92 Å². The van der Waals surface area contributed by atoms with Crippen molar-refractivity contribution in [3.8, 4) is 5.69 Å². The third-order valence-corrected chi connectivity index (χ3v) is 6.14. The number of hydrogen-bond acceptors (Lipinski definition) is 4. The van der Waals surface area contributed by atoms with E-state index in [-0.39, 0.29) is 5.92 Å². The summed E-state index contributed by atoms with van der Waals surface area (Å²) in [7, 11) is 0. The van der Waals surface area contributed by atoms with Crippen molar-refractivity contribution in [3.63, 3.8) is 0 Å². The molecule has 5 heteroatoms. The SMILES string of the molecule is Cc1ccsc1C(=O)C1CCCN(Cc2cccn2-c2cccnc2)C1. The van der Waals surface area contributed by atoms with E-state index >= 15 is 0 Å². The molecule has 3 aromatic heterocycles. The molecule has 26 heavy (non-hydrogen) atoms. The fraction of sp³-hybridized carbons (Fsp3) is 0.333. The van der Waals surface area contributed by atoms with Gasteiger partial charge in [-0.1, -0.05) is 0 Å². The number of likely N-dealkylation sites (tertiary alicyclic amines) is 1. The van der Waals surface area contributed by atoms with Crippen LogP contribution in [0.5, 0.6) is 0 Å². The third-order valence-electron chi connectivity index (χ3n) is 5.11. The minimum Gasteiger partial charge on any atom is -0.318 e. The molecular weight excluding hydrogens is 342 g/mol. The average Bonchev–Trinajstić information content (AvgIpc) is 3.31. The molecule has 0 amide bonds. The zero-order valence-corrected chi connectivity index (χ0v) is 15.8. The van der Waals surface area contributed by atoms with Crippen LogP contribution in [0.3, 0.4) is 0 Å². The molecule has 0 aliphatic carbocycles. The second-order valence-corrected chi connectivity index (χ2v) is 7.87. The highest BCUT2D eigenvalue weighted by atomic mass is 32.1. The number of Topliss-reactive ketones (excluding diaryl/α,β-unsaturated/α-hetero) is 1. The number of aryl methyl sites for hydroxylation is 1. The van der Waals surface area contributed by atoms with E-state index in [1.54, 1.807) is 17.5 Å². The summed E-state index contributed by atoms with van der Waals surface area (Å²) in [6.07, 6.45) is 7.82. The fourth-order valence-electron chi connectivity index (χ4n) is 3.75. The molecule has 1 atom stereocenters. The van der Waals surface area contributed by atoms with Crippen LogP contribution in [0.4, 0.5) is 0 Å². The van der Waals surface area contributed by atoms with Crippen molar-refractivity contribution in [1.29, 1.82) is 0 Å². The Morgan fingerprint density at radius 1 is 1.31 bits per heavy atom. The first-order valence-electron chi connectivity index (χ1n) is 9.09. The van der Waals surface area contributed by atoms with Crippen LogP contribution in [0, 0.1) is 12.8 Å². The van der Waals surface area contributed by atoms with Crippen molar-refractivity contribution in [2.75, 3.05) is 13.1 Å². The Kier molecular flexibility index (Phi) is 5.00. The van der Waals surface area contributed by atoms with E-state index in [1.807, 2.05) is 30.6 Å². The molecule has 0 saturated carbocycles. The Bertz CT molecular complexity index is 884. The van der Waals surface area contributed by atoms with Crippen molar-refractivity contribution >= 4 is 17.1 Å². The molecule has 0 radical (unpaired) electrons. The van der Waals surface area contributed by atoms with Gasteiger partial charge in [-0.05, 0) is 67.6 Å². The van der Waals surface area contributed by atoms with Crippen LogP contribution >= 0.6 is 11.3 Å². The predicted octanol–water partition coefficient (Wildman–Crippen LogP) is 4.34. The van der Waals surface area contributed by atoms with Crippen LogP contribution in [-0.2, 0) is 6.54 Å². The Morgan fingerprint density at radius 3 is 3.00 bits per heavy atom. The standard InChI is InChI=1S/C21H23N3OS/c1-16-8-12-26-21(16)20(25)17-5-3-10-23(14-17)15-19-7-4-11-24(19)18-6-2-9-22-13-18/h2,4,6-9,11-13,17H,3,5,10,14-15H2,1H3. The Balaban J connectivity index is 1.47. The highest BCUT2D eigenvalue weighted by molar-refractivity contribution is 7.12. The number of carbonyl (C=O) groups excluding carboxylic acids is 1. The lowest BCUT2D eigenvalue weighted by atomic mass is 9.92. The number of carbonyl (C=O) groups is 1. The van der Waals surface area contributed by atoms with Gasteiger partial charge in [-0.15, -0.1) is 11.3 Å². The number of thiophene rings is 1. The van der Waals surface area contributed by atoms with Crippen LogP contribution in [0.2, 0.25) is 0 Å². The first-order valence-corrected chi connectivity index (χ1v) is 9.97. The molecular formula is C21H23N3OS. The summed E-state index contributed by atoms with van der Waals surface area (Å²) in [5.74, 6) is 0.438. The lowest BCUT2D eigenvalue weighted by molar-refractivity contribution is 0.0813. The van der Waals surface area contributed by atoms with Gasteiger partial charge in [0, 0.05) is 37.1 Å². The molecule has 4 rings (SSSR count). The van der Waals surface area contributed by atoms with Crippen LogP contribution < -0.4 is 0 Å². The molecule has 0 aromatic carbocycles. The minimum atomic E-state index is 0.114. The van der Waals surface area contributed by atoms with Gasteiger partial charge in [-0.25, -0.2) is 0 Å². The van der Waals surface area contributed by atoms with E-state index < -0.39 is 0 Å². The minimum absolute atomic E-state index is 0.114. The van der Waals surface area contributed by atoms with Crippen LogP contribution in [0.25, 0.3) is 5.69 Å². The molecule has 134 valence electrons. The summed E-state index contributed by atoms with van der Waals surface area (Å²) in [4.78, 5) is 20.5. The summed E-state index contributed by atoms with van der Waals surface area (Å²) >= 11 is 1.58. The Hall–Kier alpha value is -2.24. The molecule has 4 heterocycles. The van der Waals surface area contributed by atoms with Gasteiger partial charge < -0.3 is 4.57 Å². The molecule has 1 aliphatic rings. The molecule has 0 N–H and O–H groups in total. The van der Waals surface area contributed by atoms with Crippen molar-refractivity contribution in [1.82, 2.24) is 14.5 Å². The van der Waals surface area contributed by atoms with Crippen LogP contribution in [0.15, 0.2) is 54.3 Å². The molecule has 1 unspecified atom stereocenters. The maximum absolute atomic E-state index is 12.9. The molecule has 0 bridgehead atoms. The van der Waals surface area contributed by atoms with E-state index in [2.05, 4.69) is 38.8 Å². The normalized spacial score (nSPS) is 18.1. The van der Waals surface area contributed by atoms with E-state index in [0.29, 0.717) is 5.78 Å². The summed E-state index contributed by atoms with van der Waals surface area (Å²) in [5.41, 5.74) is 3.42. The number of aromatic nitrogens is 2. The van der Waals surface area contributed by atoms with Gasteiger partial charge in [0.05, 0.1) is 16.8 Å². The number of pyridine rings is 1.